The molecular weight excluding hydrogens is 250 g/mol. The van der Waals surface area contributed by atoms with Gasteiger partial charge in [-0.3, -0.25) is 0 Å². The molecule has 1 aromatic carbocycles. The highest BCUT2D eigenvalue weighted by molar-refractivity contribution is 5.30. The molecule has 20 heavy (non-hydrogen) atoms. The Morgan fingerprint density at radius 1 is 1.05 bits per heavy atom. The summed E-state index contributed by atoms with van der Waals surface area (Å²) in [6.45, 7) is 6.99. The van der Waals surface area contributed by atoms with Crippen molar-refractivity contribution in [3.8, 4) is 0 Å². The predicted octanol–water partition coefficient (Wildman–Crippen LogP) is 2.91. The molecule has 0 radical (unpaired) electrons. The molecule has 2 heterocycles. The molecule has 4 nitrogen and oxygen atoms in total. The summed E-state index contributed by atoms with van der Waals surface area (Å²) in [6.07, 6.45) is 2.14. The molecule has 0 saturated carbocycles. The van der Waals surface area contributed by atoms with Gasteiger partial charge in [-0.25, -0.2) is 0 Å². The van der Waals surface area contributed by atoms with Gasteiger partial charge in [0.15, 0.2) is 5.82 Å². The summed E-state index contributed by atoms with van der Waals surface area (Å²) >= 11 is 0. The summed E-state index contributed by atoms with van der Waals surface area (Å²) in [5.41, 5.74) is 2.78. The molecule has 1 atom stereocenters. The standard InChI is InChI=1S/C16H21N3O/c1-11(2)20-12(3)16-18-17-15-9-8-13-6-4-5-7-14(13)10-19(15)16/h4-7,11-12H,8-10H2,1-3H3. The Morgan fingerprint density at radius 3 is 2.55 bits per heavy atom. The van der Waals surface area contributed by atoms with Gasteiger partial charge in [0.05, 0.1) is 12.6 Å². The van der Waals surface area contributed by atoms with Crippen LogP contribution in [0, 0.1) is 0 Å². The molecule has 0 bridgehead atoms. The van der Waals surface area contributed by atoms with Crippen LogP contribution in [0.15, 0.2) is 24.3 Å². The summed E-state index contributed by atoms with van der Waals surface area (Å²) in [5, 5.41) is 8.71. The lowest BCUT2D eigenvalue weighted by molar-refractivity contribution is 0.0109. The van der Waals surface area contributed by atoms with E-state index in [-0.39, 0.29) is 12.2 Å². The fourth-order valence-electron chi connectivity index (χ4n) is 2.85. The Morgan fingerprint density at radius 2 is 1.80 bits per heavy atom. The first kappa shape index (κ1) is 13.3. The average molecular weight is 271 g/mol. The van der Waals surface area contributed by atoms with Gasteiger partial charge in [-0.05, 0) is 38.3 Å². The number of ether oxygens (including phenoxy) is 1. The van der Waals surface area contributed by atoms with Crippen molar-refractivity contribution in [3.05, 3.63) is 47.0 Å². The molecule has 1 unspecified atom stereocenters. The van der Waals surface area contributed by atoms with Gasteiger partial charge < -0.3 is 9.30 Å². The van der Waals surface area contributed by atoms with Crippen LogP contribution < -0.4 is 0 Å². The molecule has 0 spiro atoms. The maximum absolute atomic E-state index is 5.87. The van der Waals surface area contributed by atoms with E-state index in [0.29, 0.717) is 0 Å². The molecular formula is C16H21N3O. The summed E-state index contributed by atoms with van der Waals surface area (Å²) in [4.78, 5) is 0. The first-order valence-electron chi connectivity index (χ1n) is 7.29. The van der Waals surface area contributed by atoms with Gasteiger partial charge in [0.2, 0.25) is 0 Å². The van der Waals surface area contributed by atoms with Crippen molar-refractivity contribution in [2.45, 2.75) is 52.4 Å². The third-order valence-electron chi connectivity index (χ3n) is 3.76. The number of rotatable bonds is 3. The van der Waals surface area contributed by atoms with Crippen LogP contribution in [-0.4, -0.2) is 20.9 Å². The van der Waals surface area contributed by atoms with E-state index in [1.165, 1.54) is 11.1 Å². The maximum Gasteiger partial charge on any atom is 0.162 e. The molecule has 0 aliphatic carbocycles. The molecule has 3 rings (SSSR count). The minimum atomic E-state index is -0.0264. The van der Waals surface area contributed by atoms with Crippen LogP contribution in [-0.2, 0) is 24.1 Å². The number of aryl methyl sites for hydroxylation is 2. The van der Waals surface area contributed by atoms with E-state index in [1.807, 2.05) is 20.8 Å². The summed E-state index contributed by atoms with van der Waals surface area (Å²) in [7, 11) is 0. The zero-order valence-corrected chi connectivity index (χ0v) is 12.3. The third kappa shape index (κ3) is 2.48. The molecule has 106 valence electrons. The largest absolute Gasteiger partial charge is 0.368 e. The molecule has 0 amide bonds. The van der Waals surface area contributed by atoms with Crippen molar-refractivity contribution in [2.24, 2.45) is 0 Å². The molecule has 0 N–H and O–H groups in total. The number of benzene rings is 1. The van der Waals surface area contributed by atoms with Crippen molar-refractivity contribution < 1.29 is 4.74 Å². The second-order valence-corrected chi connectivity index (χ2v) is 5.66. The Bertz CT molecular complexity index is 604. The molecule has 4 heteroatoms. The van der Waals surface area contributed by atoms with E-state index < -0.39 is 0 Å². The van der Waals surface area contributed by atoms with E-state index in [0.717, 1.165) is 31.0 Å². The molecule has 1 aromatic heterocycles. The van der Waals surface area contributed by atoms with Crippen LogP contribution in [0.3, 0.4) is 0 Å². The smallest absolute Gasteiger partial charge is 0.162 e. The Balaban J connectivity index is 1.94. The first-order valence-corrected chi connectivity index (χ1v) is 7.29. The number of fused-ring (bicyclic) bond motifs is 2. The second kappa shape index (κ2) is 5.37. The van der Waals surface area contributed by atoms with Gasteiger partial charge in [0.1, 0.15) is 11.9 Å². The van der Waals surface area contributed by atoms with Gasteiger partial charge in [-0.15, -0.1) is 10.2 Å². The van der Waals surface area contributed by atoms with Crippen LogP contribution in [0.1, 0.15) is 49.7 Å². The average Bonchev–Trinajstić information content (AvgIpc) is 2.71. The molecule has 1 aliphatic rings. The lowest BCUT2D eigenvalue weighted by Crippen LogP contribution is -2.15. The molecule has 2 aromatic rings. The Hall–Kier alpha value is -1.68. The Labute approximate surface area is 119 Å². The highest BCUT2D eigenvalue weighted by Crippen LogP contribution is 2.24. The van der Waals surface area contributed by atoms with E-state index >= 15 is 0 Å². The fourth-order valence-corrected chi connectivity index (χ4v) is 2.85. The van der Waals surface area contributed by atoms with Crippen LogP contribution >= 0.6 is 0 Å². The first-order chi connectivity index (χ1) is 9.65. The third-order valence-corrected chi connectivity index (χ3v) is 3.76. The monoisotopic (exact) mass is 271 g/mol. The van der Waals surface area contributed by atoms with Crippen molar-refractivity contribution in [3.63, 3.8) is 0 Å². The SMILES string of the molecule is CC(C)OC(C)c1nnc2n1Cc1ccccc1CC2. The van der Waals surface area contributed by atoms with E-state index in [9.17, 15) is 0 Å². The van der Waals surface area contributed by atoms with Gasteiger partial charge in [0, 0.05) is 6.42 Å². The van der Waals surface area contributed by atoms with Crippen LogP contribution in [0.25, 0.3) is 0 Å². The normalized spacial score (nSPS) is 15.6. The van der Waals surface area contributed by atoms with Crippen molar-refractivity contribution in [2.75, 3.05) is 0 Å². The molecule has 0 fully saturated rings. The quantitative estimate of drug-likeness (QED) is 0.861. The fraction of sp³-hybridized carbons (Fsp3) is 0.500. The summed E-state index contributed by atoms with van der Waals surface area (Å²) in [5.74, 6) is 2.00. The van der Waals surface area contributed by atoms with Crippen molar-refractivity contribution in [1.29, 1.82) is 0 Å². The van der Waals surface area contributed by atoms with Gasteiger partial charge in [0.25, 0.3) is 0 Å². The highest BCUT2D eigenvalue weighted by Gasteiger charge is 2.22. The summed E-state index contributed by atoms with van der Waals surface area (Å²) in [6, 6.07) is 8.61. The van der Waals surface area contributed by atoms with Gasteiger partial charge in [-0.2, -0.15) is 0 Å². The van der Waals surface area contributed by atoms with Crippen LogP contribution in [0.2, 0.25) is 0 Å². The molecule has 1 aliphatic heterocycles. The number of hydrogen-bond donors (Lipinski definition) is 0. The van der Waals surface area contributed by atoms with Gasteiger partial charge >= 0.3 is 0 Å². The van der Waals surface area contributed by atoms with Crippen molar-refractivity contribution in [1.82, 2.24) is 14.8 Å². The topological polar surface area (TPSA) is 39.9 Å². The summed E-state index contributed by atoms with van der Waals surface area (Å²) < 4.78 is 8.09. The van der Waals surface area contributed by atoms with E-state index in [4.69, 9.17) is 4.74 Å². The van der Waals surface area contributed by atoms with Crippen LogP contribution in [0.4, 0.5) is 0 Å². The zero-order valence-electron chi connectivity index (χ0n) is 12.3. The van der Waals surface area contributed by atoms with E-state index in [1.54, 1.807) is 0 Å². The highest BCUT2D eigenvalue weighted by atomic mass is 16.5. The van der Waals surface area contributed by atoms with Gasteiger partial charge in [-0.1, -0.05) is 24.3 Å². The molecule has 0 saturated heterocycles. The minimum absolute atomic E-state index is 0.0264. The van der Waals surface area contributed by atoms with Crippen molar-refractivity contribution >= 4 is 0 Å². The minimum Gasteiger partial charge on any atom is -0.368 e. The number of aromatic nitrogens is 3. The lowest BCUT2D eigenvalue weighted by Gasteiger charge is -2.17. The van der Waals surface area contributed by atoms with Crippen LogP contribution in [0.5, 0.6) is 0 Å². The number of hydrogen-bond acceptors (Lipinski definition) is 3. The maximum atomic E-state index is 5.87. The number of nitrogens with zero attached hydrogens (tertiary/aromatic N) is 3. The second-order valence-electron chi connectivity index (χ2n) is 5.66. The van der Waals surface area contributed by atoms with E-state index in [2.05, 4.69) is 39.0 Å². The zero-order chi connectivity index (χ0) is 14.1. The lowest BCUT2D eigenvalue weighted by atomic mass is 10.0. The Kier molecular flexibility index (Phi) is 3.57. The predicted molar refractivity (Wildman–Crippen MR) is 77.6 cm³/mol.